The molecule has 1 radical (unpaired) electrons. The van der Waals surface area contributed by atoms with Crippen LogP contribution in [-0.2, 0) is 42.9 Å². The summed E-state index contributed by atoms with van der Waals surface area (Å²) >= 11 is 0. The van der Waals surface area contributed by atoms with Crippen LogP contribution in [0.2, 0.25) is 0 Å². The van der Waals surface area contributed by atoms with Crippen LogP contribution in [0.3, 0.4) is 0 Å². The molecule has 0 saturated heterocycles. The van der Waals surface area contributed by atoms with Crippen LogP contribution >= 0.6 is 0 Å². The molecular weight excluding hydrogens is 446 g/mol. The molecule has 4 atom stereocenters. The molecule has 0 fully saturated rings. The summed E-state index contributed by atoms with van der Waals surface area (Å²) in [6.07, 6.45) is -1.54. The van der Waals surface area contributed by atoms with Crippen molar-refractivity contribution < 1.29 is 42.9 Å². The van der Waals surface area contributed by atoms with Crippen molar-refractivity contribution in [2.75, 3.05) is 7.11 Å². The Bertz CT molecular complexity index is 743. The number of hydrogen-bond donors (Lipinski definition) is 0. The predicted molar refractivity (Wildman–Crippen MR) is 121 cm³/mol. The third-order valence-electron chi connectivity index (χ3n) is 4.97. The van der Waals surface area contributed by atoms with Crippen molar-refractivity contribution >= 4 is 23.9 Å². The van der Waals surface area contributed by atoms with Crippen molar-refractivity contribution in [1.29, 1.82) is 5.26 Å². The van der Waals surface area contributed by atoms with Gasteiger partial charge in [0, 0.05) is 60.5 Å². The molecule has 0 amide bonds. The minimum Gasteiger partial charge on any atom is -0.462 e. The molecule has 10 heteroatoms. The van der Waals surface area contributed by atoms with Gasteiger partial charge in [0.05, 0.1) is 17.1 Å². The number of methoxy groups -OCH3 is 1. The summed E-state index contributed by atoms with van der Waals surface area (Å²) in [6, 6.07) is 2.29. The molecule has 0 rings (SSSR count). The quantitative estimate of drug-likeness (QED) is 0.251. The highest BCUT2D eigenvalue weighted by atomic mass is 16.6. The van der Waals surface area contributed by atoms with Gasteiger partial charge in [-0.2, -0.15) is 5.26 Å². The van der Waals surface area contributed by atoms with E-state index in [2.05, 4.69) is 6.07 Å². The van der Waals surface area contributed by atoms with Gasteiger partial charge < -0.3 is 23.7 Å². The highest BCUT2D eigenvalue weighted by Crippen LogP contribution is 2.36. The molecule has 0 spiro atoms. The molecule has 0 aromatic heterocycles. The maximum Gasteiger partial charge on any atom is 0.303 e. The van der Waals surface area contributed by atoms with Gasteiger partial charge in [0.1, 0.15) is 24.9 Å². The Kier molecular flexibility index (Phi) is 13.4. The summed E-state index contributed by atoms with van der Waals surface area (Å²) in [5.74, 6) is -2.20. The largest absolute Gasteiger partial charge is 0.462 e. The molecule has 0 aliphatic rings. The Hall–Kier alpha value is -2.67. The molecule has 4 unspecified atom stereocenters. The van der Waals surface area contributed by atoms with E-state index in [1.165, 1.54) is 34.3 Å². The SMILES string of the molecule is COC(C)(C)CC(C)(C#N)CC(CC(CC(C[CH]OC(C)=O)OC(C)=O)OC(C)=O)OC(C)=O. The predicted octanol–water partition coefficient (Wildman–Crippen LogP) is 3.41. The van der Waals surface area contributed by atoms with Gasteiger partial charge in [0.25, 0.3) is 0 Å². The number of esters is 4. The lowest BCUT2D eigenvalue weighted by Crippen LogP contribution is -2.37. The first-order chi connectivity index (χ1) is 15.6. The van der Waals surface area contributed by atoms with E-state index in [4.69, 9.17) is 23.7 Å². The van der Waals surface area contributed by atoms with E-state index in [9.17, 15) is 24.4 Å². The van der Waals surface area contributed by atoms with Crippen LogP contribution in [0.1, 0.15) is 80.6 Å². The Morgan fingerprint density at radius 1 is 0.824 bits per heavy atom. The van der Waals surface area contributed by atoms with E-state index in [0.717, 1.165) is 0 Å². The van der Waals surface area contributed by atoms with Crippen molar-refractivity contribution in [3.63, 3.8) is 0 Å². The van der Waals surface area contributed by atoms with E-state index in [0.29, 0.717) is 6.42 Å². The highest BCUT2D eigenvalue weighted by molar-refractivity contribution is 5.67. The molecule has 0 saturated carbocycles. The van der Waals surface area contributed by atoms with E-state index in [1.807, 2.05) is 13.8 Å². The van der Waals surface area contributed by atoms with Crippen LogP contribution in [0.15, 0.2) is 0 Å². The van der Waals surface area contributed by atoms with Crippen molar-refractivity contribution in [2.45, 2.75) is 104 Å². The number of hydrogen-bond acceptors (Lipinski definition) is 10. The second-order valence-corrected chi connectivity index (χ2v) is 9.19. The number of ether oxygens (including phenoxy) is 5. The average molecular weight is 485 g/mol. The lowest BCUT2D eigenvalue weighted by atomic mass is 9.76. The van der Waals surface area contributed by atoms with Crippen LogP contribution < -0.4 is 0 Å². The maximum absolute atomic E-state index is 11.8. The zero-order valence-electron chi connectivity index (χ0n) is 21.5. The van der Waals surface area contributed by atoms with Crippen LogP contribution in [0.4, 0.5) is 0 Å². The third-order valence-corrected chi connectivity index (χ3v) is 4.97. The van der Waals surface area contributed by atoms with Crippen LogP contribution in [-0.4, -0.2) is 54.9 Å². The number of nitrogens with zero attached hydrogens (tertiary/aromatic N) is 1. The molecule has 10 nitrogen and oxygen atoms in total. The molecule has 193 valence electrons. The summed E-state index contributed by atoms with van der Waals surface area (Å²) in [7, 11) is 1.56. The normalized spacial score (nSPS) is 15.6. The molecular formula is C24H38NO9. The number of nitriles is 1. The second-order valence-electron chi connectivity index (χ2n) is 9.19. The van der Waals surface area contributed by atoms with Crippen LogP contribution in [0.5, 0.6) is 0 Å². The zero-order valence-corrected chi connectivity index (χ0v) is 21.5. The summed E-state index contributed by atoms with van der Waals surface area (Å²) in [6.45, 7) is 11.6. The lowest BCUT2D eigenvalue weighted by molar-refractivity contribution is -0.157. The maximum atomic E-state index is 11.8. The van der Waals surface area contributed by atoms with E-state index >= 15 is 0 Å². The first-order valence-corrected chi connectivity index (χ1v) is 11.1. The van der Waals surface area contributed by atoms with Gasteiger partial charge in [-0.05, 0) is 27.2 Å². The van der Waals surface area contributed by atoms with Gasteiger partial charge in [-0.3, -0.25) is 19.2 Å². The zero-order chi connectivity index (χ0) is 26.5. The molecule has 0 aliphatic heterocycles. The Balaban J connectivity index is 5.69. The summed E-state index contributed by atoms with van der Waals surface area (Å²) in [4.78, 5) is 46.1. The minimum absolute atomic E-state index is 0.0710. The van der Waals surface area contributed by atoms with Crippen LogP contribution in [0, 0.1) is 23.4 Å². The topological polar surface area (TPSA) is 138 Å². The molecule has 34 heavy (non-hydrogen) atoms. The standard InChI is InChI=1S/C24H38NO9/c1-16(26)31-10-9-20(32-17(2)27)11-21(33-18(3)28)12-22(34-19(4)29)13-24(7,15-25)14-23(5,6)30-8/h10,20-22H,9,11-14H2,1-8H3. The molecule has 0 bridgehead atoms. The first kappa shape index (κ1) is 31.3. The Morgan fingerprint density at radius 2 is 1.29 bits per heavy atom. The molecule has 0 aromatic rings. The van der Waals surface area contributed by atoms with Gasteiger partial charge in [0.15, 0.2) is 0 Å². The monoisotopic (exact) mass is 484 g/mol. The summed E-state index contributed by atoms with van der Waals surface area (Å²) in [5.41, 5.74) is -1.49. The van der Waals surface area contributed by atoms with E-state index in [-0.39, 0.29) is 25.7 Å². The van der Waals surface area contributed by atoms with Crippen molar-refractivity contribution in [3.05, 3.63) is 6.61 Å². The minimum atomic E-state index is -0.904. The van der Waals surface area contributed by atoms with E-state index in [1.54, 1.807) is 14.0 Å². The van der Waals surface area contributed by atoms with E-state index < -0.39 is 53.2 Å². The first-order valence-electron chi connectivity index (χ1n) is 11.1. The van der Waals surface area contributed by atoms with Gasteiger partial charge >= 0.3 is 23.9 Å². The van der Waals surface area contributed by atoms with Crippen LogP contribution in [0.25, 0.3) is 0 Å². The summed E-state index contributed by atoms with van der Waals surface area (Å²) in [5, 5.41) is 9.86. The smallest absolute Gasteiger partial charge is 0.303 e. The molecule has 0 aromatic carbocycles. The summed E-state index contributed by atoms with van der Waals surface area (Å²) < 4.78 is 26.4. The number of carbonyl (C=O) groups excluding carboxylic acids is 4. The Morgan fingerprint density at radius 3 is 1.74 bits per heavy atom. The fourth-order valence-electron chi connectivity index (χ4n) is 3.79. The number of rotatable bonds is 15. The molecule has 0 heterocycles. The van der Waals surface area contributed by atoms with Gasteiger partial charge in [-0.25, -0.2) is 0 Å². The lowest BCUT2D eigenvalue weighted by Gasteiger charge is -2.35. The fourth-order valence-corrected chi connectivity index (χ4v) is 3.79. The fraction of sp³-hybridized carbons (Fsp3) is 0.750. The second kappa shape index (κ2) is 14.6. The average Bonchev–Trinajstić information content (AvgIpc) is 2.65. The van der Waals surface area contributed by atoms with Gasteiger partial charge in [-0.1, -0.05) is 0 Å². The number of carbonyl (C=O) groups is 4. The van der Waals surface area contributed by atoms with Crippen molar-refractivity contribution in [2.24, 2.45) is 5.41 Å². The van der Waals surface area contributed by atoms with Gasteiger partial charge in [-0.15, -0.1) is 0 Å². The van der Waals surface area contributed by atoms with Crippen molar-refractivity contribution in [1.82, 2.24) is 0 Å². The molecule has 0 aliphatic carbocycles. The third kappa shape index (κ3) is 14.5. The van der Waals surface area contributed by atoms with Gasteiger partial charge in [0.2, 0.25) is 0 Å². The van der Waals surface area contributed by atoms with Crippen molar-refractivity contribution in [3.8, 4) is 6.07 Å². The molecule has 0 N–H and O–H groups in total. The Labute approximate surface area is 202 Å². The highest BCUT2D eigenvalue weighted by Gasteiger charge is 2.37.